The highest BCUT2D eigenvalue weighted by atomic mass is 16.5. The Morgan fingerprint density at radius 3 is 2.58 bits per heavy atom. The Kier molecular flexibility index (Phi) is 6.45. The third-order valence-corrected chi connectivity index (χ3v) is 4.99. The van der Waals surface area contributed by atoms with E-state index in [1.165, 1.54) is 13.3 Å². The summed E-state index contributed by atoms with van der Waals surface area (Å²) in [5, 5.41) is 4.54. The molecule has 0 spiro atoms. The van der Waals surface area contributed by atoms with Crippen LogP contribution in [0.25, 0.3) is 17.1 Å². The first-order valence-corrected chi connectivity index (χ1v) is 10.1. The smallest absolute Gasteiger partial charge is 0.337 e. The highest BCUT2D eigenvalue weighted by Crippen LogP contribution is 2.26. The Bertz CT molecular complexity index is 1280. The fourth-order valence-corrected chi connectivity index (χ4v) is 3.27. The Labute approximate surface area is 190 Å². The Morgan fingerprint density at radius 1 is 1.03 bits per heavy atom. The predicted molar refractivity (Wildman–Crippen MR) is 121 cm³/mol. The second-order valence-electron chi connectivity index (χ2n) is 7.01. The maximum absolute atomic E-state index is 11.9. The van der Waals surface area contributed by atoms with Crippen molar-refractivity contribution in [2.24, 2.45) is 0 Å². The molecule has 0 amide bonds. The second kappa shape index (κ2) is 9.78. The van der Waals surface area contributed by atoms with Crippen molar-refractivity contribution in [1.29, 1.82) is 0 Å². The zero-order valence-electron chi connectivity index (χ0n) is 18.1. The van der Waals surface area contributed by atoms with E-state index in [0.717, 1.165) is 17.6 Å². The number of carbonyl (C=O) groups excluding carboxylic acids is 2. The van der Waals surface area contributed by atoms with E-state index in [-0.39, 0.29) is 0 Å². The van der Waals surface area contributed by atoms with Gasteiger partial charge >= 0.3 is 5.97 Å². The van der Waals surface area contributed by atoms with Crippen LogP contribution < -0.4 is 9.47 Å². The first-order valence-electron chi connectivity index (χ1n) is 10.1. The summed E-state index contributed by atoms with van der Waals surface area (Å²) in [6.07, 6.45) is 3.98. The van der Waals surface area contributed by atoms with Crippen LogP contribution in [0.15, 0.2) is 73.1 Å². The molecule has 4 aromatic rings. The lowest BCUT2D eigenvalue weighted by Crippen LogP contribution is -2.05. The zero-order valence-corrected chi connectivity index (χ0v) is 18.1. The van der Waals surface area contributed by atoms with Crippen LogP contribution in [-0.4, -0.2) is 41.2 Å². The normalized spacial score (nSPS) is 10.5. The molecule has 166 valence electrons. The van der Waals surface area contributed by atoms with Crippen LogP contribution in [0.1, 0.15) is 26.3 Å². The lowest BCUT2D eigenvalue weighted by Gasteiger charge is -2.12. The number of hydrogen-bond donors (Lipinski definition) is 0. The van der Waals surface area contributed by atoms with Gasteiger partial charge in [-0.2, -0.15) is 5.10 Å². The molecule has 2 aromatic heterocycles. The summed E-state index contributed by atoms with van der Waals surface area (Å²) in [4.78, 5) is 28.0. The van der Waals surface area contributed by atoms with Gasteiger partial charge in [-0.15, -0.1) is 0 Å². The number of nitrogens with zero attached hydrogens (tertiary/aromatic N) is 3. The number of aromatic nitrogens is 3. The molecule has 33 heavy (non-hydrogen) atoms. The van der Waals surface area contributed by atoms with Crippen LogP contribution >= 0.6 is 0 Å². The molecule has 8 heteroatoms. The van der Waals surface area contributed by atoms with Gasteiger partial charge in [0, 0.05) is 12.4 Å². The van der Waals surface area contributed by atoms with Gasteiger partial charge in [0.2, 0.25) is 0 Å². The maximum atomic E-state index is 11.9. The highest BCUT2D eigenvalue weighted by Gasteiger charge is 2.14. The molecule has 2 heterocycles. The topological polar surface area (TPSA) is 92.5 Å². The van der Waals surface area contributed by atoms with Crippen molar-refractivity contribution < 1.29 is 23.8 Å². The number of rotatable bonds is 8. The molecule has 0 aliphatic heterocycles. The summed E-state index contributed by atoms with van der Waals surface area (Å²) >= 11 is 0. The predicted octanol–water partition coefficient (Wildman–Crippen LogP) is 4.12. The third-order valence-electron chi connectivity index (χ3n) is 4.99. The lowest BCUT2D eigenvalue weighted by atomic mass is 10.1. The van der Waals surface area contributed by atoms with E-state index in [1.54, 1.807) is 54.4 Å². The van der Waals surface area contributed by atoms with Gasteiger partial charge in [0.15, 0.2) is 6.29 Å². The molecule has 0 aliphatic rings. The molecule has 0 atom stereocenters. The maximum Gasteiger partial charge on any atom is 0.337 e. The van der Waals surface area contributed by atoms with E-state index in [9.17, 15) is 9.59 Å². The number of pyridine rings is 1. The van der Waals surface area contributed by atoms with Crippen molar-refractivity contribution in [3.8, 4) is 28.6 Å². The summed E-state index contributed by atoms with van der Waals surface area (Å²) in [5.41, 5.74) is 3.30. The van der Waals surface area contributed by atoms with E-state index in [1.807, 2.05) is 24.3 Å². The van der Waals surface area contributed by atoms with Crippen molar-refractivity contribution in [1.82, 2.24) is 14.8 Å². The summed E-state index contributed by atoms with van der Waals surface area (Å²) in [6, 6.07) is 17.7. The molecular formula is C25H21N3O5. The van der Waals surface area contributed by atoms with Gasteiger partial charge in [0.05, 0.1) is 36.7 Å². The average molecular weight is 443 g/mol. The Morgan fingerprint density at radius 2 is 1.85 bits per heavy atom. The van der Waals surface area contributed by atoms with Gasteiger partial charge in [-0.1, -0.05) is 18.2 Å². The number of hydrogen-bond acceptors (Lipinski definition) is 7. The van der Waals surface area contributed by atoms with Gasteiger partial charge in [0.1, 0.15) is 23.8 Å². The van der Waals surface area contributed by atoms with E-state index in [2.05, 4.69) is 10.1 Å². The average Bonchev–Trinajstić information content (AvgIpc) is 3.37. The minimum absolute atomic E-state index is 0.295. The fourth-order valence-electron chi connectivity index (χ4n) is 3.27. The molecule has 0 aliphatic carbocycles. The molecule has 0 saturated heterocycles. The van der Waals surface area contributed by atoms with Gasteiger partial charge < -0.3 is 14.2 Å². The molecule has 0 unspecified atom stereocenters. The number of methoxy groups -OCH3 is 2. The van der Waals surface area contributed by atoms with Gasteiger partial charge in [-0.05, 0) is 48.0 Å². The van der Waals surface area contributed by atoms with Crippen molar-refractivity contribution >= 4 is 12.3 Å². The standard InChI is InChI=1S/C25H21N3O5/c1-31-19-8-6-17(7-9-19)16-33-24-5-3-4-23(20(24)15-29)28-13-11-21(27-28)22-14-18(10-12-26-22)25(30)32-2/h3-15H,16H2,1-2H3. The molecule has 0 saturated carbocycles. The van der Waals surface area contributed by atoms with Crippen LogP contribution in [0.2, 0.25) is 0 Å². The van der Waals surface area contributed by atoms with Crippen molar-refractivity contribution in [3.63, 3.8) is 0 Å². The largest absolute Gasteiger partial charge is 0.497 e. The highest BCUT2D eigenvalue weighted by molar-refractivity contribution is 5.90. The first kappa shape index (κ1) is 21.8. The molecule has 8 nitrogen and oxygen atoms in total. The number of aldehydes is 1. The van der Waals surface area contributed by atoms with E-state index < -0.39 is 5.97 Å². The number of ether oxygens (including phenoxy) is 3. The van der Waals surface area contributed by atoms with Crippen LogP contribution in [0.5, 0.6) is 11.5 Å². The summed E-state index contributed by atoms with van der Waals surface area (Å²) in [5.74, 6) is 0.750. The molecule has 0 N–H and O–H groups in total. The summed E-state index contributed by atoms with van der Waals surface area (Å²) in [7, 11) is 2.93. The van der Waals surface area contributed by atoms with Crippen molar-refractivity contribution in [2.75, 3.05) is 14.2 Å². The molecule has 4 rings (SSSR count). The Hall–Kier alpha value is -4.46. The fraction of sp³-hybridized carbons (Fsp3) is 0.120. The Balaban J connectivity index is 1.59. The van der Waals surface area contributed by atoms with Gasteiger partial charge in [-0.25, -0.2) is 9.48 Å². The van der Waals surface area contributed by atoms with E-state index in [0.29, 0.717) is 40.6 Å². The van der Waals surface area contributed by atoms with Gasteiger partial charge in [-0.3, -0.25) is 9.78 Å². The third kappa shape index (κ3) is 4.74. The van der Waals surface area contributed by atoms with E-state index >= 15 is 0 Å². The quantitative estimate of drug-likeness (QED) is 0.299. The number of benzene rings is 2. The minimum Gasteiger partial charge on any atom is -0.497 e. The number of carbonyl (C=O) groups is 2. The van der Waals surface area contributed by atoms with Crippen molar-refractivity contribution in [2.45, 2.75) is 6.61 Å². The van der Waals surface area contributed by atoms with E-state index in [4.69, 9.17) is 14.2 Å². The molecule has 2 aromatic carbocycles. The molecule has 0 bridgehead atoms. The molecule has 0 radical (unpaired) electrons. The van der Waals surface area contributed by atoms with Gasteiger partial charge in [0.25, 0.3) is 0 Å². The summed E-state index contributed by atoms with van der Waals surface area (Å²) in [6.45, 7) is 0.295. The lowest BCUT2D eigenvalue weighted by molar-refractivity contribution is 0.0600. The van der Waals surface area contributed by atoms with Crippen LogP contribution in [0, 0.1) is 0 Å². The minimum atomic E-state index is -0.456. The van der Waals surface area contributed by atoms with Crippen LogP contribution in [0.3, 0.4) is 0 Å². The van der Waals surface area contributed by atoms with Crippen molar-refractivity contribution in [3.05, 3.63) is 89.7 Å². The zero-order chi connectivity index (χ0) is 23.2. The van der Waals surface area contributed by atoms with Crippen LogP contribution in [0.4, 0.5) is 0 Å². The first-order chi connectivity index (χ1) is 16.1. The molecular weight excluding hydrogens is 422 g/mol. The SMILES string of the molecule is COC(=O)c1ccnc(-c2ccn(-c3cccc(OCc4ccc(OC)cc4)c3C=O)n2)c1. The monoisotopic (exact) mass is 443 g/mol. The molecule has 0 fully saturated rings. The summed E-state index contributed by atoms with van der Waals surface area (Å²) < 4.78 is 17.4. The second-order valence-corrected chi connectivity index (χ2v) is 7.01. The van der Waals surface area contributed by atoms with Crippen LogP contribution in [-0.2, 0) is 11.3 Å². The number of esters is 1.